The number of hydrogen-bond donors (Lipinski definition) is 2. The minimum atomic E-state index is -4.22. The minimum Gasteiger partial charge on any atom is -0.461 e. The van der Waals surface area contributed by atoms with Gasteiger partial charge in [-0.3, -0.25) is 13.6 Å². The normalized spacial score (nSPS) is 32.7. The zero-order valence-electron chi connectivity index (χ0n) is 16.6. The molecule has 31 heavy (non-hydrogen) atoms. The van der Waals surface area contributed by atoms with E-state index in [0.717, 1.165) is 0 Å². The van der Waals surface area contributed by atoms with Crippen molar-refractivity contribution in [2.45, 2.75) is 43.9 Å². The summed E-state index contributed by atoms with van der Waals surface area (Å²) in [7, 11) is -4.22. The molecule has 166 valence electrons. The molecular formula is C17H20N5O8P. The number of carbonyl (C=O) groups excluding carboxylic acids is 1. The summed E-state index contributed by atoms with van der Waals surface area (Å²) in [6.45, 7) is 2.32. The summed E-state index contributed by atoms with van der Waals surface area (Å²) in [5.41, 5.74) is 4.51. The SMILES string of the molecule is CC(C)OC(=O)CO[P@@]1(=O)OC[C@H]2O[C@@](C#N)(c3ccc4c(N)ncnn34)[C@H](O)[C@@H]2O1. The topological polar surface area (TPSA) is 181 Å². The van der Waals surface area contributed by atoms with E-state index in [4.69, 9.17) is 28.8 Å². The predicted molar refractivity (Wildman–Crippen MR) is 101 cm³/mol. The first-order chi connectivity index (χ1) is 14.7. The zero-order chi connectivity index (χ0) is 22.4. The lowest BCUT2D eigenvalue weighted by Crippen LogP contribution is -2.43. The van der Waals surface area contributed by atoms with Crippen LogP contribution in [0.15, 0.2) is 18.5 Å². The Morgan fingerprint density at radius 3 is 3.03 bits per heavy atom. The summed E-state index contributed by atoms with van der Waals surface area (Å²) >= 11 is 0. The molecule has 0 aliphatic carbocycles. The molecule has 5 atom stereocenters. The summed E-state index contributed by atoms with van der Waals surface area (Å²) < 4.78 is 40.4. The number of anilines is 1. The summed E-state index contributed by atoms with van der Waals surface area (Å²) in [5.74, 6) is -0.587. The molecule has 2 aromatic heterocycles. The monoisotopic (exact) mass is 453 g/mol. The number of fused-ring (bicyclic) bond motifs is 2. The van der Waals surface area contributed by atoms with Crippen molar-refractivity contribution in [1.82, 2.24) is 14.6 Å². The highest BCUT2D eigenvalue weighted by Crippen LogP contribution is 2.58. The molecule has 2 fully saturated rings. The smallest absolute Gasteiger partial charge is 0.461 e. The minimum absolute atomic E-state index is 0.171. The van der Waals surface area contributed by atoms with Crippen molar-refractivity contribution >= 4 is 25.1 Å². The van der Waals surface area contributed by atoms with Crippen molar-refractivity contribution in [2.75, 3.05) is 18.9 Å². The van der Waals surface area contributed by atoms with Crippen LogP contribution in [0, 0.1) is 11.3 Å². The first-order valence-electron chi connectivity index (χ1n) is 9.32. The molecule has 0 saturated carbocycles. The highest BCUT2D eigenvalue weighted by molar-refractivity contribution is 7.48. The summed E-state index contributed by atoms with van der Waals surface area (Å²) in [6, 6.07) is 5.06. The molecule has 2 aliphatic heterocycles. The second kappa shape index (κ2) is 7.83. The molecule has 2 aromatic rings. The fourth-order valence-corrected chi connectivity index (χ4v) is 4.84. The lowest BCUT2D eigenvalue weighted by atomic mass is 9.92. The number of phosphoric acid groups is 1. The number of aliphatic hydroxyl groups excluding tert-OH is 1. The van der Waals surface area contributed by atoms with Gasteiger partial charge in [-0.15, -0.1) is 0 Å². The van der Waals surface area contributed by atoms with E-state index in [1.54, 1.807) is 19.9 Å². The number of carbonyl (C=O) groups is 1. The Labute approximate surface area is 176 Å². The standard InChI is InChI=1S/C17H20N5O8P/c1-9(2)28-13(23)6-27-31(25)26-5-11-14(30-31)15(24)17(7-18,29-11)12-4-3-10-16(19)20-8-21-22(10)12/h3-4,8-9,11,14-15,24H,5-6H2,1-2H3,(H2,19,20,21)/t11-,14-,15-,17+,31-/m1/s1. The molecule has 2 saturated heterocycles. The van der Waals surface area contributed by atoms with E-state index in [1.807, 2.05) is 6.07 Å². The molecule has 13 nitrogen and oxygen atoms in total. The Morgan fingerprint density at radius 2 is 2.32 bits per heavy atom. The average Bonchev–Trinajstić information content (AvgIpc) is 3.27. The Hall–Kier alpha value is -2.59. The van der Waals surface area contributed by atoms with E-state index >= 15 is 0 Å². The first kappa shape index (κ1) is 21.6. The largest absolute Gasteiger partial charge is 0.475 e. The molecule has 4 rings (SSSR count). The van der Waals surface area contributed by atoms with E-state index in [2.05, 4.69) is 10.1 Å². The van der Waals surface area contributed by atoms with Gasteiger partial charge in [-0.1, -0.05) is 0 Å². The third kappa shape index (κ3) is 3.67. The van der Waals surface area contributed by atoms with Gasteiger partial charge in [0.05, 0.1) is 18.4 Å². The van der Waals surface area contributed by atoms with Crippen LogP contribution >= 0.6 is 7.82 Å². The molecule has 3 N–H and O–H groups in total. The molecule has 0 spiro atoms. The lowest BCUT2D eigenvalue weighted by Gasteiger charge is -2.30. The van der Waals surface area contributed by atoms with E-state index in [0.29, 0.717) is 5.52 Å². The molecule has 0 bridgehead atoms. The van der Waals surface area contributed by atoms with Gasteiger partial charge in [0, 0.05) is 0 Å². The van der Waals surface area contributed by atoms with Gasteiger partial charge in [-0.2, -0.15) is 10.4 Å². The van der Waals surface area contributed by atoms with Gasteiger partial charge in [-0.05, 0) is 26.0 Å². The molecule has 14 heteroatoms. The number of hydrogen-bond acceptors (Lipinski definition) is 12. The third-order valence-electron chi connectivity index (χ3n) is 4.82. The Balaban J connectivity index is 1.58. The number of esters is 1. The molecule has 0 amide bonds. The lowest BCUT2D eigenvalue weighted by molar-refractivity contribution is -0.151. The van der Waals surface area contributed by atoms with Gasteiger partial charge in [-0.25, -0.2) is 18.9 Å². The van der Waals surface area contributed by atoms with Crippen LogP contribution in [0.5, 0.6) is 0 Å². The number of nitriles is 1. The van der Waals surface area contributed by atoms with Crippen LogP contribution in [0.3, 0.4) is 0 Å². The Kier molecular flexibility index (Phi) is 5.47. The molecule has 0 aromatic carbocycles. The van der Waals surface area contributed by atoms with Crippen LogP contribution in [-0.4, -0.2) is 63.3 Å². The maximum Gasteiger partial charge on any atom is 0.475 e. The summed E-state index contributed by atoms with van der Waals surface area (Å²) in [4.78, 5) is 15.5. The van der Waals surface area contributed by atoms with Crippen molar-refractivity contribution in [2.24, 2.45) is 0 Å². The summed E-state index contributed by atoms with van der Waals surface area (Å²) in [6.07, 6.45) is -2.94. The van der Waals surface area contributed by atoms with Crippen LogP contribution in [0.1, 0.15) is 19.5 Å². The van der Waals surface area contributed by atoms with Crippen molar-refractivity contribution in [3.05, 3.63) is 24.2 Å². The Morgan fingerprint density at radius 1 is 1.55 bits per heavy atom. The van der Waals surface area contributed by atoms with E-state index in [-0.39, 0.29) is 24.2 Å². The number of rotatable bonds is 5. The second-order valence-electron chi connectivity index (χ2n) is 7.23. The van der Waals surface area contributed by atoms with E-state index < -0.39 is 44.3 Å². The third-order valence-corrected chi connectivity index (χ3v) is 6.23. The molecule has 4 heterocycles. The van der Waals surface area contributed by atoms with Crippen molar-refractivity contribution < 1.29 is 37.5 Å². The highest BCUT2D eigenvalue weighted by Gasteiger charge is 2.62. The number of nitrogen functional groups attached to an aromatic ring is 1. The first-order valence-corrected chi connectivity index (χ1v) is 10.8. The molecular weight excluding hydrogens is 433 g/mol. The maximum atomic E-state index is 12.8. The van der Waals surface area contributed by atoms with Gasteiger partial charge >= 0.3 is 13.8 Å². The van der Waals surface area contributed by atoms with Crippen LogP contribution in [0.4, 0.5) is 5.82 Å². The van der Waals surface area contributed by atoms with E-state index in [9.17, 15) is 19.7 Å². The fraction of sp³-hybridized carbons (Fsp3) is 0.529. The predicted octanol–water partition coefficient (Wildman–Crippen LogP) is 0.282. The average molecular weight is 453 g/mol. The van der Waals surface area contributed by atoms with Crippen molar-refractivity contribution in [3.63, 3.8) is 0 Å². The summed E-state index contributed by atoms with van der Waals surface area (Å²) in [5, 5.41) is 25.0. The number of aromatic nitrogens is 3. The van der Waals surface area contributed by atoms with Gasteiger partial charge in [0.15, 0.2) is 12.4 Å². The van der Waals surface area contributed by atoms with Gasteiger partial charge < -0.3 is 20.3 Å². The van der Waals surface area contributed by atoms with Crippen LogP contribution in [-0.2, 0) is 38.0 Å². The second-order valence-corrected chi connectivity index (χ2v) is 8.86. The van der Waals surface area contributed by atoms with E-state index in [1.165, 1.54) is 16.9 Å². The van der Waals surface area contributed by atoms with Gasteiger partial charge in [0.25, 0.3) is 0 Å². The fourth-order valence-electron chi connectivity index (χ4n) is 3.50. The molecule has 0 unspecified atom stereocenters. The molecule has 0 radical (unpaired) electrons. The quantitative estimate of drug-likeness (QED) is 0.467. The van der Waals surface area contributed by atoms with Crippen LogP contribution < -0.4 is 5.73 Å². The van der Waals surface area contributed by atoms with Gasteiger partial charge in [0.1, 0.15) is 36.2 Å². The molecule has 2 aliphatic rings. The number of nitrogens with two attached hydrogens (primary N) is 1. The van der Waals surface area contributed by atoms with Crippen molar-refractivity contribution in [1.29, 1.82) is 5.26 Å². The van der Waals surface area contributed by atoms with Crippen molar-refractivity contribution in [3.8, 4) is 6.07 Å². The number of aliphatic hydroxyl groups is 1. The Bertz CT molecular complexity index is 1100. The zero-order valence-corrected chi connectivity index (χ0v) is 17.5. The number of ether oxygens (including phenoxy) is 2. The van der Waals surface area contributed by atoms with Crippen LogP contribution in [0.2, 0.25) is 0 Å². The number of nitrogens with zero attached hydrogens (tertiary/aromatic N) is 4. The maximum absolute atomic E-state index is 12.8. The highest BCUT2D eigenvalue weighted by atomic mass is 31.2. The van der Waals surface area contributed by atoms with Crippen LogP contribution in [0.25, 0.3) is 5.52 Å². The number of phosphoric ester groups is 1. The van der Waals surface area contributed by atoms with Gasteiger partial charge in [0.2, 0.25) is 5.60 Å².